The number of nitrogens with one attached hydrogen (secondary N) is 1. The first-order chi connectivity index (χ1) is 8.78. The quantitative estimate of drug-likeness (QED) is 0.847. The van der Waals surface area contributed by atoms with E-state index in [0.29, 0.717) is 31.5 Å². The minimum absolute atomic E-state index is 0.0308. The van der Waals surface area contributed by atoms with Crippen molar-refractivity contribution in [1.82, 2.24) is 15.1 Å². The van der Waals surface area contributed by atoms with Crippen LogP contribution in [0.3, 0.4) is 0 Å². The minimum atomic E-state index is -1.05. The molecule has 1 aromatic heterocycles. The van der Waals surface area contributed by atoms with Gasteiger partial charge in [0.05, 0.1) is 0 Å². The monoisotopic (exact) mass is 265 g/mol. The number of fused-ring (bicyclic) bond motifs is 1. The van der Waals surface area contributed by atoms with Crippen LogP contribution in [0.5, 0.6) is 0 Å². The van der Waals surface area contributed by atoms with Crippen molar-refractivity contribution in [3.8, 4) is 0 Å². The number of rotatable bonds is 2. The molecule has 2 N–H and O–H groups in total. The first kappa shape index (κ1) is 13.6. The van der Waals surface area contributed by atoms with Crippen LogP contribution in [0.1, 0.15) is 48.9 Å². The van der Waals surface area contributed by atoms with Gasteiger partial charge in [-0.25, -0.2) is 4.79 Å². The van der Waals surface area contributed by atoms with Crippen LogP contribution in [0, 0.1) is 5.41 Å². The summed E-state index contributed by atoms with van der Waals surface area (Å²) in [6.07, 6.45) is 1.09. The van der Waals surface area contributed by atoms with E-state index >= 15 is 0 Å². The van der Waals surface area contributed by atoms with Crippen molar-refractivity contribution in [1.29, 1.82) is 0 Å². The maximum atomic E-state index is 12.2. The molecule has 1 aromatic rings. The highest BCUT2D eigenvalue weighted by Crippen LogP contribution is 2.24. The molecule has 0 aliphatic carbocycles. The predicted molar refractivity (Wildman–Crippen MR) is 68.7 cm³/mol. The fourth-order valence-corrected chi connectivity index (χ4v) is 2.25. The third-order valence-corrected chi connectivity index (χ3v) is 3.17. The molecule has 0 spiro atoms. The number of hydrogen-bond donors (Lipinski definition) is 2. The van der Waals surface area contributed by atoms with Gasteiger partial charge < -0.3 is 10.0 Å². The average Bonchev–Trinajstić information content (AvgIpc) is 2.68. The Hall–Kier alpha value is -1.85. The Labute approximate surface area is 111 Å². The standard InChI is InChI=1S/C13H19N3O3/c1-13(2,3)6-10(17)16-5-4-9-8(7-16)11(12(18)19)15-14-9/h4-7H2,1-3H3,(H,14,15)(H,18,19). The van der Waals surface area contributed by atoms with Crippen molar-refractivity contribution in [3.05, 3.63) is 17.0 Å². The molecule has 0 fully saturated rings. The van der Waals surface area contributed by atoms with Crippen molar-refractivity contribution in [2.24, 2.45) is 5.41 Å². The molecule has 104 valence electrons. The summed E-state index contributed by atoms with van der Waals surface area (Å²) in [6.45, 7) is 6.99. The molecule has 0 radical (unpaired) electrons. The highest BCUT2D eigenvalue weighted by molar-refractivity contribution is 5.87. The Morgan fingerprint density at radius 2 is 2.11 bits per heavy atom. The molecular formula is C13H19N3O3. The molecular weight excluding hydrogens is 246 g/mol. The third kappa shape index (κ3) is 2.94. The molecule has 0 bridgehead atoms. The molecule has 1 aliphatic rings. The van der Waals surface area contributed by atoms with Gasteiger partial charge in [0.15, 0.2) is 5.69 Å². The second-order valence-corrected chi connectivity index (χ2v) is 6.14. The van der Waals surface area contributed by atoms with E-state index in [1.165, 1.54) is 0 Å². The summed E-state index contributed by atoms with van der Waals surface area (Å²) in [4.78, 5) is 24.9. The number of amides is 1. The van der Waals surface area contributed by atoms with Crippen molar-refractivity contribution >= 4 is 11.9 Å². The van der Waals surface area contributed by atoms with Crippen LogP contribution in [0.15, 0.2) is 0 Å². The van der Waals surface area contributed by atoms with E-state index < -0.39 is 5.97 Å². The number of carbonyl (C=O) groups excluding carboxylic acids is 1. The van der Waals surface area contributed by atoms with Gasteiger partial charge in [-0.1, -0.05) is 20.8 Å². The molecule has 6 heteroatoms. The number of carboxylic acid groups (broad SMARTS) is 1. The predicted octanol–water partition coefficient (Wildman–Crippen LogP) is 1.43. The molecule has 6 nitrogen and oxygen atoms in total. The largest absolute Gasteiger partial charge is 0.476 e. The van der Waals surface area contributed by atoms with Gasteiger partial charge in [0.25, 0.3) is 0 Å². The second-order valence-electron chi connectivity index (χ2n) is 6.14. The lowest BCUT2D eigenvalue weighted by atomic mass is 9.91. The minimum Gasteiger partial charge on any atom is -0.476 e. The highest BCUT2D eigenvalue weighted by Gasteiger charge is 2.29. The Morgan fingerprint density at radius 1 is 1.42 bits per heavy atom. The summed E-state index contributed by atoms with van der Waals surface area (Å²) < 4.78 is 0. The summed E-state index contributed by atoms with van der Waals surface area (Å²) in [5.74, 6) is -0.988. The van der Waals surface area contributed by atoms with Gasteiger partial charge in [-0.05, 0) is 5.41 Å². The van der Waals surface area contributed by atoms with Crippen LogP contribution in [-0.4, -0.2) is 38.6 Å². The molecule has 0 unspecified atom stereocenters. The van der Waals surface area contributed by atoms with E-state index in [2.05, 4.69) is 10.2 Å². The number of carboxylic acids is 1. The molecule has 19 heavy (non-hydrogen) atoms. The molecule has 2 rings (SSSR count). The number of aromatic nitrogens is 2. The van der Waals surface area contributed by atoms with Crippen molar-refractivity contribution < 1.29 is 14.7 Å². The Kier molecular flexibility index (Phi) is 3.34. The number of hydrogen-bond acceptors (Lipinski definition) is 3. The van der Waals surface area contributed by atoms with Crippen molar-refractivity contribution in [2.45, 2.75) is 40.2 Å². The van der Waals surface area contributed by atoms with Crippen LogP contribution in [0.25, 0.3) is 0 Å². The number of carbonyl (C=O) groups is 2. The molecule has 1 amide bonds. The zero-order valence-electron chi connectivity index (χ0n) is 11.5. The van der Waals surface area contributed by atoms with Gasteiger partial charge >= 0.3 is 5.97 Å². The number of aromatic carboxylic acids is 1. The van der Waals surface area contributed by atoms with E-state index in [1.54, 1.807) is 4.90 Å². The van der Waals surface area contributed by atoms with Gasteiger partial charge in [-0.15, -0.1) is 0 Å². The van der Waals surface area contributed by atoms with Crippen molar-refractivity contribution in [2.75, 3.05) is 6.54 Å². The van der Waals surface area contributed by atoms with Crippen LogP contribution in [-0.2, 0) is 17.8 Å². The first-order valence-corrected chi connectivity index (χ1v) is 6.35. The van der Waals surface area contributed by atoms with Crippen LogP contribution >= 0.6 is 0 Å². The van der Waals surface area contributed by atoms with Gasteiger partial charge in [-0.3, -0.25) is 9.89 Å². The zero-order valence-corrected chi connectivity index (χ0v) is 11.5. The van der Waals surface area contributed by atoms with Crippen LogP contribution in [0.2, 0.25) is 0 Å². The van der Waals surface area contributed by atoms with E-state index in [9.17, 15) is 9.59 Å². The number of aromatic amines is 1. The lowest BCUT2D eigenvalue weighted by Gasteiger charge is -2.29. The Morgan fingerprint density at radius 3 is 2.68 bits per heavy atom. The van der Waals surface area contributed by atoms with E-state index in [-0.39, 0.29) is 17.0 Å². The second kappa shape index (κ2) is 4.68. The Bertz CT molecular complexity index is 514. The molecule has 0 saturated heterocycles. The number of H-pyrrole nitrogens is 1. The molecule has 0 atom stereocenters. The highest BCUT2D eigenvalue weighted by atomic mass is 16.4. The molecule has 1 aliphatic heterocycles. The Balaban J connectivity index is 2.15. The van der Waals surface area contributed by atoms with Crippen LogP contribution in [0.4, 0.5) is 0 Å². The van der Waals surface area contributed by atoms with E-state index in [1.807, 2.05) is 20.8 Å². The first-order valence-electron chi connectivity index (χ1n) is 6.35. The van der Waals surface area contributed by atoms with Gasteiger partial charge in [0.2, 0.25) is 5.91 Å². The summed E-state index contributed by atoms with van der Waals surface area (Å²) in [6, 6.07) is 0. The van der Waals surface area contributed by atoms with E-state index in [4.69, 9.17) is 5.11 Å². The lowest BCUT2D eigenvalue weighted by molar-refractivity contribution is -0.134. The van der Waals surface area contributed by atoms with Gasteiger partial charge in [0, 0.05) is 37.2 Å². The summed E-state index contributed by atoms with van der Waals surface area (Å²) in [5.41, 5.74) is 1.44. The summed E-state index contributed by atoms with van der Waals surface area (Å²) in [7, 11) is 0. The fraction of sp³-hybridized carbons (Fsp3) is 0.615. The van der Waals surface area contributed by atoms with Crippen molar-refractivity contribution in [3.63, 3.8) is 0 Å². The van der Waals surface area contributed by atoms with Gasteiger partial charge in [0.1, 0.15) is 0 Å². The average molecular weight is 265 g/mol. The molecule has 0 saturated carbocycles. The zero-order chi connectivity index (χ0) is 14.2. The smallest absolute Gasteiger partial charge is 0.356 e. The summed E-state index contributed by atoms with van der Waals surface area (Å²) >= 11 is 0. The maximum absolute atomic E-state index is 12.2. The fourth-order valence-electron chi connectivity index (χ4n) is 2.25. The molecule has 0 aromatic carbocycles. The summed E-state index contributed by atoms with van der Waals surface area (Å²) in [5, 5.41) is 15.6. The lowest BCUT2D eigenvalue weighted by Crippen LogP contribution is -2.38. The number of nitrogens with zero attached hydrogens (tertiary/aromatic N) is 2. The molecule has 2 heterocycles. The van der Waals surface area contributed by atoms with Gasteiger partial charge in [-0.2, -0.15) is 5.10 Å². The maximum Gasteiger partial charge on any atom is 0.356 e. The van der Waals surface area contributed by atoms with E-state index in [0.717, 1.165) is 5.69 Å². The normalized spacial score (nSPS) is 15.2. The van der Waals surface area contributed by atoms with Crippen LogP contribution < -0.4 is 0 Å². The SMILES string of the molecule is CC(C)(C)CC(=O)N1CCc2[nH]nc(C(=O)O)c2C1. The third-order valence-electron chi connectivity index (χ3n) is 3.17. The topological polar surface area (TPSA) is 86.3 Å².